The number of likely N-dealkylation sites (tertiary alicyclic amines) is 1. The van der Waals surface area contributed by atoms with Gasteiger partial charge in [0.2, 0.25) is 0 Å². The number of aliphatic hydroxyl groups excluding tert-OH is 1. The number of aromatic amines is 1. The third kappa shape index (κ3) is 3.00. The molecule has 0 unspecified atom stereocenters. The minimum atomic E-state index is -1.17. The molecule has 6 nitrogen and oxygen atoms in total. The van der Waals surface area contributed by atoms with Crippen molar-refractivity contribution in [3.05, 3.63) is 35.8 Å². The molecule has 1 aromatic heterocycles. The van der Waals surface area contributed by atoms with Crippen LogP contribution in [0.5, 0.6) is 0 Å². The van der Waals surface area contributed by atoms with Crippen LogP contribution in [0.4, 0.5) is 4.39 Å². The molecule has 0 radical (unpaired) electrons. The summed E-state index contributed by atoms with van der Waals surface area (Å²) in [6.45, 7) is 2.75. The molecule has 2 aliphatic rings. The highest BCUT2D eigenvalue weighted by molar-refractivity contribution is 5.98. The van der Waals surface area contributed by atoms with E-state index < -0.39 is 17.3 Å². The van der Waals surface area contributed by atoms with Gasteiger partial charge in [-0.1, -0.05) is 0 Å². The maximum Gasteiger partial charge on any atom is 0.270 e. The second kappa shape index (κ2) is 6.04. The van der Waals surface area contributed by atoms with Gasteiger partial charge in [0, 0.05) is 30.4 Å². The number of rotatable bonds is 1. The number of benzene rings is 1. The van der Waals surface area contributed by atoms with E-state index in [1.165, 1.54) is 12.1 Å². The van der Waals surface area contributed by atoms with E-state index in [1.807, 2.05) is 0 Å². The monoisotopic (exact) mass is 362 g/mol. The number of aliphatic hydroxyl groups is 2. The van der Waals surface area contributed by atoms with E-state index in [2.05, 4.69) is 4.98 Å². The van der Waals surface area contributed by atoms with Crippen molar-refractivity contribution in [1.29, 1.82) is 0 Å². The molecule has 7 heteroatoms. The van der Waals surface area contributed by atoms with Gasteiger partial charge in [-0.15, -0.1) is 0 Å². The molecule has 4 rings (SSSR count). The van der Waals surface area contributed by atoms with Crippen LogP contribution in [0.25, 0.3) is 10.9 Å². The van der Waals surface area contributed by atoms with Crippen molar-refractivity contribution in [1.82, 2.24) is 9.88 Å². The zero-order valence-electron chi connectivity index (χ0n) is 14.7. The number of carbonyl (C=O) groups excluding carboxylic acids is 1. The largest absolute Gasteiger partial charge is 0.388 e. The number of amides is 1. The molecule has 0 saturated carbocycles. The van der Waals surface area contributed by atoms with E-state index >= 15 is 0 Å². The van der Waals surface area contributed by atoms with Crippen LogP contribution in [0.3, 0.4) is 0 Å². The van der Waals surface area contributed by atoms with Gasteiger partial charge in [-0.3, -0.25) is 4.79 Å². The lowest BCUT2D eigenvalue weighted by atomic mass is 9.76. The number of carbonyl (C=O) groups is 1. The van der Waals surface area contributed by atoms with Gasteiger partial charge in [-0.05, 0) is 44.0 Å². The topological polar surface area (TPSA) is 85.8 Å². The number of fused-ring (bicyclic) bond motifs is 1. The molecule has 26 heavy (non-hydrogen) atoms. The Bertz CT molecular complexity index is 839. The third-order valence-electron chi connectivity index (χ3n) is 5.72. The lowest BCUT2D eigenvalue weighted by Gasteiger charge is -2.49. The van der Waals surface area contributed by atoms with E-state index in [0.29, 0.717) is 43.4 Å². The van der Waals surface area contributed by atoms with Gasteiger partial charge >= 0.3 is 0 Å². The first-order chi connectivity index (χ1) is 12.3. The Morgan fingerprint density at radius 1 is 1.35 bits per heavy atom. The molecule has 2 atom stereocenters. The van der Waals surface area contributed by atoms with E-state index in [9.17, 15) is 19.4 Å². The van der Waals surface area contributed by atoms with Crippen LogP contribution < -0.4 is 0 Å². The predicted molar refractivity (Wildman–Crippen MR) is 93.3 cm³/mol. The number of piperidine rings is 1. The Balaban J connectivity index is 1.46. The molecule has 3 N–H and O–H groups in total. The molecule has 2 aromatic rings. The normalized spacial score (nSPS) is 28.6. The summed E-state index contributed by atoms with van der Waals surface area (Å²) in [7, 11) is 0. The molecule has 0 aliphatic carbocycles. The van der Waals surface area contributed by atoms with Crippen molar-refractivity contribution in [2.75, 3.05) is 19.7 Å². The Kier molecular flexibility index (Phi) is 4.06. The van der Waals surface area contributed by atoms with E-state index in [0.717, 1.165) is 5.52 Å². The van der Waals surface area contributed by atoms with Crippen LogP contribution in [0.1, 0.15) is 36.7 Å². The maximum absolute atomic E-state index is 13.3. The zero-order valence-corrected chi connectivity index (χ0v) is 14.7. The summed E-state index contributed by atoms with van der Waals surface area (Å²) in [4.78, 5) is 17.6. The SMILES string of the molecule is C[C@]1(O)CC2(CCN(C(=O)c3cc4cc(F)ccc4[nH]3)CC2)OC[C@@H]1O. The summed E-state index contributed by atoms with van der Waals surface area (Å²) < 4.78 is 19.2. The van der Waals surface area contributed by atoms with Gasteiger partial charge in [0.05, 0.1) is 17.8 Å². The first-order valence-electron chi connectivity index (χ1n) is 8.90. The Morgan fingerprint density at radius 2 is 2.08 bits per heavy atom. The van der Waals surface area contributed by atoms with E-state index in [1.54, 1.807) is 24.0 Å². The average molecular weight is 362 g/mol. The lowest BCUT2D eigenvalue weighted by molar-refractivity contribution is -0.221. The second-order valence-electron chi connectivity index (χ2n) is 7.75. The number of nitrogens with one attached hydrogen (secondary N) is 1. The van der Waals surface area contributed by atoms with Gasteiger partial charge < -0.3 is 24.8 Å². The molecule has 2 aliphatic heterocycles. The molecule has 2 fully saturated rings. The second-order valence-corrected chi connectivity index (χ2v) is 7.75. The van der Waals surface area contributed by atoms with Gasteiger partial charge in [0.25, 0.3) is 5.91 Å². The maximum atomic E-state index is 13.3. The predicted octanol–water partition coefficient (Wildman–Crippen LogP) is 1.81. The fraction of sp³-hybridized carbons (Fsp3) is 0.526. The highest BCUT2D eigenvalue weighted by Gasteiger charge is 2.49. The zero-order chi connectivity index (χ0) is 18.5. The van der Waals surface area contributed by atoms with Gasteiger partial charge in [0.15, 0.2) is 0 Å². The molecule has 3 heterocycles. The van der Waals surface area contributed by atoms with Crippen LogP contribution in [0.15, 0.2) is 24.3 Å². The van der Waals surface area contributed by atoms with Crippen LogP contribution >= 0.6 is 0 Å². The summed E-state index contributed by atoms with van der Waals surface area (Å²) in [6.07, 6.45) is 0.682. The van der Waals surface area contributed by atoms with Crippen molar-refractivity contribution >= 4 is 16.8 Å². The van der Waals surface area contributed by atoms with Crippen molar-refractivity contribution in [2.24, 2.45) is 0 Å². The smallest absolute Gasteiger partial charge is 0.270 e. The van der Waals surface area contributed by atoms with E-state index in [-0.39, 0.29) is 18.3 Å². The first kappa shape index (κ1) is 17.5. The summed E-state index contributed by atoms with van der Waals surface area (Å²) >= 11 is 0. The number of halogens is 1. The Morgan fingerprint density at radius 3 is 2.77 bits per heavy atom. The number of hydrogen-bond acceptors (Lipinski definition) is 4. The highest BCUT2D eigenvalue weighted by atomic mass is 19.1. The quantitative estimate of drug-likeness (QED) is 0.722. The molecule has 0 bridgehead atoms. The number of H-pyrrole nitrogens is 1. The van der Waals surface area contributed by atoms with Gasteiger partial charge in [0.1, 0.15) is 17.6 Å². The van der Waals surface area contributed by atoms with E-state index in [4.69, 9.17) is 4.74 Å². The first-order valence-corrected chi connectivity index (χ1v) is 8.90. The van der Waals surface area contributed by atoms with Crippen molar-refractivity contribution in [2.45, 2.75) is 43.5 Å². The van der Waals surface area contributed by atoms with Crippen molar-refractivity contribution in [3.63, 3.8) is 0 Å². The van der Waals surface area contributed by atoms with Gasteiger partial charge in [-0.25, -0.2) is 4.39 Å². The minimum absolute atomic E-state index is 0.106. The molecular weight excluding hydrogens is 339 g/mol. The third-order valence-corrected chi connectivity index (χ3v) is 5.72. The molecule has 1 aromatic carbocycles. The number of ether oxygens (including phenoxy) is 1. The van der Waals surface area contributed by atoms with Crippen LogP contribution in [-0.4, -0.2) is 63.0 Å². The number of nitrogens with zero attached hydrogens (tertiary/aromatic N) is 1. The lowest BCUT2D eigenvalue weighted by Crippen LogP contribution is -2.59. The number of aromatic nitrogens is 1. The minimum Gasteiger partial charge on any atom is -0.388 e. The molecule has 140 valence electrons. The summed E-state index contributed by atoms with van der Waals surface area (Å²) in [5.74, 6) is -0.460. The fourth-order valence-corrected chi connectivity index (χ4v) is 4.08. The Labute approximate surface area is 150 Å². The highest BCUT2D eigenvalue weighted by Crippen LogP contribution is 2.39. The van der Waals surface area contributed by atoms with Crippen LogP contribution in [-0.2, 0) is 4.74 Å². The van der Waals surface area contributed by atoms with Crippen LogP contribution in [0.2, 0.25) is 0 Å². The fourth-order valence-electron chi connectivity index (χ4n) is 4.08. The molecular formula is C19H23FN2O4. The number of hydrogen-bond donors (Lipinski definition) is 3. The molecule has 1 spiro atoms. The standard InChI is InChI=1S/C19H23FN2O4/c1-18(25)11-19(26-10-16(18)23)4-6-22(7-5-19)17(24)15-9-12-8-13(20)2-3-14(12)21-15/h2-3,8-9,16,21,23,25H,4-7,10-11H2,1H3/t16-,18-/m0/s1. The van der Waals surface area contributed by atoms with Gasteiger partial charge in [-0.2, -0.15) is 0 Å². The summed E-state index contributed by atoms with van der Waals surface area (Å²) in [6, 6.07) is 6.05. The Hall–Kier alpha value is -1.96. The average Bonchev–Trinajstić information content (AvgIpc) is 3.01. The van der Waals surface area contributed by atoms with Crippen molar-refractivity contribution in [3.8, 4) is 0 Å². The molecule has 2 saturated heterocycles. The van der Waals surface area contributed by atoms with Crippen LogP contribution in [0, 0.1) is 5.82 Å². The molecule has 1 amide bonds. The summed E-state index contributed by atoms with van der Waals surface area (Å²) in [5, 5.41) is 20.9. The van der Waals surface area contributed by atoms with Crippen molar-refractivity contribution < 1.29 is 24.1 Å². The summed E-state index contributed by atoms with van der Waals surface area (Å²) in [5.41, 5.74) is -0.508.